The van der Waals surface area contributed by atoms with Crippen molar-refractivity contribution in [1.82, 2.24) is 0 Å². The molecule has 0 bridgehead atoms. The Balaban J connectivity index is 0.000000249. The Morgan fingerprint density at radius 1 is 0.917 bits per heavy atom. The minimum Gasteiger partial charge on any atom is -0.372 e. The molecule has 1 aromatic rings. The summed E-state index contributed by atoms with van der Waals surface area (Å²) in [6.07, 6.45) is 5.26. The number of morpholine rings is 1. The van der Waals surface area contributed by atoms with E-state index in [9.17, 15) is 0 Å². The van der Waals surface area contributed by atoms with E-state index < -0.39 is 0 Å². The number of rotatable bonds is 1. The smallest absolute Gasteiger partial charge is 0.0726 e. The van der Waals surface area contributed by atoms with E-state index in [1.165, 1.54) is 28.8 Å². The average Bonchev–Trinajstić information content (AvgIpc) is 2.53. The van der Waals surface area contributed by atoms with Crippen LogP contribution in [0.5, 0.6) is 0 Å². The van der Waals surface area contributed by atoms with Crippen LogP contribution in [0.2, 0.25) is 18.6 Å². The minimum atomic E-state index is -0.0945. The highest BCUT2D eigenvalue weighted by Gasteiger charge is 2.23. The van der Waals surface area contributed by atoms with E-state index in [0.29, 0.717) is 12.2 Å². The predicted octanol–water partition coefficient (Wildman–Crippen LogP) is 5.25. The van der Waals surface area contributed by atoms with E-state index in [1.54, 1.807) is 24.9 Å². The molecule has 2 heterocycles. The SMILES string of the molecule is C[SiH]1CCCCC1.Cc1ccc(N2CC(C)OC(C)C2)c(C)c1C. The maximum atomic E-state index is 5.79. The molecule has 2 nitrogen and oxygen atoms in total. The van der Waals surface area contributed by atoms with Crippen LogP contribution in [-0.2, 0) is 4.74 Å². The minimum absolute atomic E-state index is 0.0945. The van der Waals surface area contributed by atoms with Gasteiger partial charge in [0.05, 0.1) is 12.2 Å². The zero-order valence-electron chi connectivity index (χ0n) is 16.7. The van der Waals surface area contributed by atoms with Gasteiger partial charge in [-0.25, -0.2) is 0 Å². The fourth-order valence-electron chi connectivity index (χ4n) is 3.97. The van der Waals surface area contributed by atoms with E-state index in [4.69, 9.17) is 4.74 Å². The number of anilines is 1. The lowest BCUT2D eigenvalue weighted by atomic mass is 10.0. The van der Waals surface area contributed by atoms with Gasteiger partial charge in [0.2, 0.25) is 0 Å². The van der Waals surface area contributed by atoms with Crippen LogP contribution in [-0.4, -0.2) is 34.1 Å². The molecule has 2 saturated heterocycles. The van der Waals surface area contributed by atoms with Crippen molar-refractivity contribution < 1.29 is 4.74 Å². The van der Waals surface area contributed by atoms with Gasteiger partial charge in [-0.1, -0.05) is 44.0 Å². The van der Waals surface area contributed by atoms with Gasteiger partial charge < -0.3 is 9.64 Å². The standard InChI is InChI=1S/C15H23NO.C6H14Si/c1-10-6-7-15(14(5)13(10)4)16-8-11(2)17-12(3)9-16;1-7-5-3-2-4-6-7/h6-7,11-12H,8-9H2,1-5H3;7H,2-6H2,1H3. The second-order valence-corrected chi connectivity index (χ2v) is 11.4. The third kappa shape index (κ3) is 5.35. The van der Waals surface area contributed by atoms with Gasteiger partial charge in [-0.15, -0.1) is 0 Å². The molecule has 0 spiro atoms. The molecule has 136 valence electrons. The molecule has 0 aromatic heterocycles. The fourth-order valence-corrected chi connectivity index (χ4v) is 6.23. The van der Waals surface area contributed by atoms with Gasteiger partial charge in [0.25, 0.3) is 0 Å². The first-order valence-electron chi connectivity index (χ1n) is 9.85. The van der Waals surface area contributed by atoms with Gasteiger partial charge >= 0.3 is 0 Å². The highest BCUT2D eigenvalue weighted by atomic mass is 28.3. The third-order valence-corrected chi connectivity index (χ3v) is 8.47. The Bertz CT molecular complexity index is 515. The normalized spacial score (nSPS) is 25.2. The molecule has 0 aliphatic carbocycles. The quantitative estimate of drug-likeness (QED) is 0.643. The van der Waals surface area contributed by atoms with Gasteiger partial charge in [0, 0.05) is 27.6 Å². The molecule has 0 saturated carbocycles. The summed E-state index contributed by atoms with van der Waals surface area (Å²) in [4.78, 5) is 2.46. The molecule has 2 atom stereocenters. The first-order chi connectivity index (χ1) is 11.4. The molecule has 3 rings (SSSR count). The summed E-state index contributed by atoms with van der Waals surface area (Å²) < 4.78 is 5.79. The van der Waals surface area contributed by atoms with Crippen LogP contribution in [0.4, 0.5) is 5.69 Å². The molecular formula is C21H37NOSi. The molecular weight excluding hydrogens is 310 g/mol. The van der Waals surface area contributed by atoms with Crippen molar-refractivity contribution in [1.29, 1.82) is 0 Å². The topological polar surface area (TPSA) is 12.5 Å². The lowest BCUT2D eigenvalue weighted by molar-refractivity contribution is -0.00525. The lowest BCUT2D eigenvalue weighted by Gasteiger charge is -2.38. The summed E-state index contributed by atoms with van der Waals surface area (Å²) >= 11 is 0. The fraction of sp³-hybridized carbons (Fsp3) is 0.714. The van der Waals surface area contributed by atoms with E-state index in [2.05, 4.69) is 58.2 Å². The van der Waals surface area contributed by atoms with Gasteiger partial charge in [0.15, 0.2) is 0 Å². The van der Waals surface area contributed by atoms with Crippen LogP contribution in [0.25, 0.3) is 0 Å². The number of aryl methyl sites for hydroxylation is 1. The molecule has 1 aromatic carbocycles. The molecule has 0 N–H and O–H groups in total. The average molecular weight is 348 g/mol. The van der Waals surface area contributed by atoms with Crippen molar-refractivity contribution >= 4 is 14.5 Å². The molecule has 2 unspecified atom stereocenters. The highest BCUT2D eigenvalue weighted by molar-refractivity contribution is 6.57. The van der Waals surface area contributed by atoms with Crippen molar-refractivity contribution in [3.05, 3.63) is 28.8 Å². The van der Waals surface area contributed by atoms with Crippen molar-refractivity contribution in [2.45, 2.75) is 84.7 Å². The Kier molecular flexibility index (Phi) is 7.36. The summed E-state index contributed by atoms with van der Waals surface area (Å²) in [5.74, 6) is 0. The number of nitrogens with zero attached hydrogens (tertiary/aromatic N) is 1. The third-order valence-electron chi connectivity index (χ3n) is 5.68. The van der Waals surface area contributed by atoms with Gasteiger partial charge in [0.1, 0.15) is 0 Å². The molecule has 2 fully saturated rings. The van der Waals surface area contributed by atoms with Crippen LogP contribution in [0.1, 0.15) is 49.8 Å². The monoisotopic (exact) mass is 347 g/mol. The maximum absolute atomic E-state index is 5.79. The Morgan fingerprint density at radius 3 is 2.00 bits per heavy atom. The summed E-state index contributed by atoms with van der Waals surface area (Å²) in [5, 5.41) is 0. The molecule has 3 heteroatoms. The van der Waals surface area contributed by atoms with Crippen LogP contribution in [0.3, 0.4) is 0 Å². The molecule has 0 radical (unpaired) electrons. The van der Waals surface area contributed by atoms with Crippen LogP contribution in [0.15, 0.2) is 12.1 Å². The van der Waals surface area contributed by atoms with Crippen LogP contribution < -0.4 is 4.90 Å². The van der Waals surface area contributed by atoms with E-state index >= 15 is 0 Å². The van der Waals surface area contributed by atoms with E-state index in [1.807, 2.05) is 0 Å². The Morgan fingerprint density at radius 2 is 1.50 bits per heavy atom. The first kappa shape index (κ1) is 19.5. The molecule has 2 aliphatic heterocycles. The second-order valence-electron chi connectivity index (χ2n) is 8.06. The first-order valence-corrected chi connectivity index (χ1v) is 12.6. The number of hydrogen-bond acceptors (Lipinski definition) is 2. The number of hydrogen-bond donors (Lipinski definition) is 0. The van der Waals surface area contributed by atoms with E-state index in [-0.39, 0.29) is 8.80 Å². The van der Waals surface area contributed by atoms with Crippen LogP contribution in [0, 0.1) is 20.8 Å². The van der Waals surface area contributed by atoms with Gasteiger partial charge in [-0.2, -0.15) is 0 Å². The lowest BCUT2D eigenvalue weighted by Crippen LogP contribution is -2.45. The predicted molar refractivity (Wildman–Crippen MR) is 109 cm³/mol. The summed E-state index contributed by atoms with van der Waals surface area (Å²) in [5.41, 5.74) is 5.57. The summed E-state index contributed by atoms with van der Waals surface area (Å²) in [7, 11) is -0.0945. The Hall–Kier alpha value is -0.803. The van der Waals surface area contributed by atoms with Crippen molar-refractivity contribution in [2.75, 3.05) is 18.0 Å². The summed E-state index contributed by atoms with van der Waals surface area (Å²) in [6.45, 7) is 15.4. The van der Waals surface area contributed by atoms with Crippen molar-refractivity contribution in [3.63, 3.8) is 0 Å². The van der Waals surface area contributed by atoms with Gasteiger partial charge in [-0.3, -0.25) is 0 Å². The van der Waals surface area contributed by atoms with Crippen LogP contribution >= 0.6 is 0 Å². The number of benzene rings is 1. The van der Waals surface area contributed by atoms with Gasteiger partial charge in [-0.05, 0) is 57.4 Å². The second kappa shape index (κ2) is 9.05. The largest absolute Gasteiger partial charge is 0.372 e. The molecule has 2 aliphatic rings. The van der Waals surface area contributed by atoms with Crippen molar-refractivity contribution in [3.8, 4) is 0 Å². The molecule has 24 heavy (non-hydrogen) atoms. The van der Waals surface area contributed by atoms with E-state index in [0.717, 1.165) is 13.1 Å². The summed E-state index contributed by atoms with van der Waals surface area (Å²) in [6, 6.07) is 7.73. The zero-order chi connectivity index (χ0) is 17.7. The highest BCUT2D eigenvalue weighted by Crippen LogP contribution is 2.27. The Labute approximate surface area is 151 Å². The molecule has 0 amide bonds. The maximum Gasteiger partial charge on any atom is 0.0726 e. The van der Waals surface area contributed by atoms with Crippen molar-refractivity contribution in [2.24, 2.45) is 0 Å². The zero-order valence-corrected chi connectivity index (χ0v) is 17.8. The number of ether oxygens (including phenoxy) is 1.